The molecule has 2 heterocycles. The molecule has 1 saturated heterocycles. The highest BCUT2D eigenvalue weighted by molar-refractivity contribution is 5.60. The van der Waals surface area contributed by atoms with Crippen LogP contribution in [0.2, 0.25) is 0 Å². The monoisotopic (exact) mass is 297 g/mol. The van der Waals surface area contributed by atoms with Crippen LogP contribution in [0.5, 0.6) is 0 Å². The van der Waals surface area contributed by atoms with E-state index in [2.05, 4.69) is 26.3 Å². The van der Waals surface area contributed by atoms with Crippen molar-refractivity contribution in [3.8, 4) is 6.07 Å². The van der Waals surface area contributed by atoms with E-state index in [9.17, 15) is 4.39 Å². The van der Waals surface area contributed by atoms with Gasteiger partial charge in [-0.15, -0.1) is 0 Å². The number of nitrogens with one attached hydrogen (secondary N) is 1. The molecule has 1 fully saturated rings. The van der Waals surface area contributed by atoms with Crippen LogP contribution in [-0.2, 0) is 0 Å². The molecular weight excluding hydrogens is 281 g/mol. The van der Waals surface area contributed by atoms with Crippen molar-refractivity contribution >= 4 is 11.5 Å². The minimum Gasteiger partial charge on any atom is -0.368 e. The highest BCUT2D eigenvalue weighted by Gasteiger charge is 2.24. The van der Waals surface area contributed by atoms with Gasteiger partial charge >= 0.3 is 0 Å². The predicted octanol–water partition coefficient (Wildman–Crippen LogP) is 2.49. The van der Waals surface area contributed by atoms with Gasteiger partial charge in [-0.1, -0.05) is 0 Å². The Balaban J connectivity index is 1.71. The van der Waals surface area contributed by atoms with Gasteiger partial charge in [0.15, 0.2) is 0 Å². The van der Waals surface area contributed by atoms with Crippen LogP contribution in [0, 0.1) is 24.1 Å². The van der Waals surface area contributed by atoms with Crippen molar-refractivity contribution in [3.05, 3.63) is 47.7 Å². The van der Waals surface area contributed by atoms with Crippen molar-refractivity contribution in [1.29, 1.82) is 5.26 Å². The van der Waals surface area contributed by atoms with Crippen LogP contribution in [0.25, 0.3) is 0 Å². The largest absolute Gasteiger partial charge is 0.368 e. The first-order valence-corrected chi connectivity index (χ1v) is 7.15. The lowest BCUT2D eigenvalue weighted by atomic mass is 10.1. The first kappa shape index (κ1) is 14.3. The number of aryl methyl sites for hydroxylation is 1. The second kappa shape index (κ2) is 5.98. The summed E-state index contributed by atoms with van der Waals surface area (Å²) in [5, 5.41) is 12.5. The van der Waals surface area contributed by atoms with Gasteiger partial charge in [0.05, 0.1) is 11.3 Å². The van der Waals surface area contributed by atoms with Gasteiger partial charge in [-0.2, -0.15) is 5.26 Å². The van der Waals surface area contributed by atoms with Gasteiger partial charge < -0.3 is 10.2 Å². The van der Waals surface area contributed by atoms with Crippen molar-refractivity contribution in [2.24, 2.45) is 0 Å². The van der Waals surface area contributed by atoms with Gasteiger partial charge in [0.2, 0.25) is 0 Å². The summed E-state index contributed by atoms with van der Waals surface area (Å²) in [7, 11) is 0. The zero-order chi connectivity index (χ0) is 15.5. The highest BCUT2D eigenvalue weighted by atomic mass is 19.1. The molecule has 1 aliphatic heterocycles. The molecule has 1 aliphatic rings. The molecule has 112 valence electrons. The summed E-state index contributed by atoms with van der Waals surface area (Å²) in [6, 6.07) is 8.56. The number of nitrogens with zero attached hydrogens (tertiary/aromatic N) is 4. The van der Waals surface area contributed by atoms with E-state index in [0.717, 1.165) is 36.7 Å². The molecule has 1 aromatic heterocycles. The lowest BCUT2D eigenvalue weighted by Gasteiger charge is -2.20. The Hall–Kier alpha value is -2.68. The second-order valence-corrected chi connectivity index (χ2v) is 5.39. The number of hydrogen-bond donors (Lipinski definition) is 1. The molecule has 1 aromatic carbocycles. The fraction of sp³-hybridized carbons (Fsp3) is 0.312. The molecule has 1 N–H and O–H groups in total. The Morgan fingerprint density at radius 1 is 1.36 bits per heavy atom. The Morgan fingerprint density at radius 2 is 2.23 bits per heavy atom. The summed E-state index contributed by atoms with van der Waals surface area (Å²) >= 11 is 0. The SMILES string of the molecule is Cc1cc(NC2CCN(c3ccc(F)cc3C#N)C2)ncn1. The molecule has 1 atom stereocenters. The van der Waals surface area contributed by atoms with E-state index < -0.39 is 0 Å². The zero-order valence-corrected chi connectivity index (χ0v) is 12.3. The maximum absolute atomic E-state index is 13.2. The summed E-state index contributed by atoms with van der Waals surface area (Å²) in [6.45, 7) is 3.50. The Kier molecular flexibility index (Phi) is 3.88. The molecular formula is C16H16FN5. The van der Waals surface area contributed by atoms with Gasteiger partial charge in [0.1, 0.15) is 24.0 Å². The van der Waals surface area contributed by atoms with Gasteiger partial charge in [-0.3, -0.25) is 0 Å². The minimum atomic E-state index is -0.384. The fourth-order valence-corrected chi connectivity index (χ4v) is 2.71. The van der Waals surface area contributed by atoms with E-state index in [1.165, 1.54) is 18.5 Å². The second-order valence-electron chi connectivity index (χ2n) is 5.39. The summed E-state index contributed by atoms with van der Waals surface area (Å²) in [5.41, 5.74) is 2.07. The number of aromatic nitrogens is 2. The van der Waals surface area contributed by atoms with Crippen LogP contribution in [-0.4, -0.2) is 29.1 Å². The summed E-state index contributed by atoms with van der Waals surface area (Å²) in [6.07, 6.45) is 2.48. The van der Waals surface area contributed by atoms with Crippen LogP contribution in [0.1, 0.15) is 17.7 Å². The molecule has 0 radical (unpaired) electrons. The van der Waals surface area contributed by atoms with Crippen LogP contribution >= 0.6 is 0 Å². The molecule has 0 spiro atoms. The van der Waals surface area contributed by atoms with Gasteiger partial charge in [-0.25, -0.2) is 14.4 Å². The molecule has 0 amide bonds. The van der Waals surface area contributed by atoms with Crippen LogP contribution in [0.3, 0.4) is 0 Å². The van der Waals surface area contributed by atoms with Crippen molar-refractivity contribution in [2.45, 2.75) is 19.4 Å². The Labute approximate surface area is 128 Å². The third kappa shape index (κ3) is 2.98. The first-order chi connectivity index (χ1) is 10.7. The Morgan fingerprint density at radius 3 is 3.00 bits per heavy atom. The number of nitriles is 1. The summed E-state index contributed by atoms with van der Waals surface area (Å²) < 4.78 is 13.2. The topological polar surface area (TPSA) is 64.8 Å². The van der Waals surface area contributed by atoms with Gasteiger partial charge in [-0.05, 0) is 31.5 Å². The number of hydrogen-bond acceptors (Lipinski definition) is 5. The highest BCUT2D eigenvalue weighted by Crippen LogP contribution is 2.26. The minimum absolute atomic E-state index is 0.242. The predicted molar refractivity (Wildman–Crippen MR) is 82.1 cm³/mol. The molecule has 0 saturated carbocycles. The average molecular weight is 297 g/mol. The number of rotatable bonds is 3. The molecule has 3 rings (SSSR count). The molecule has 1 unspecified atom stereocenters. The van der Waals surface area contributed by atoms with E-state index in [4.69, 9.17) is 5.26 Å². The Bertz CT molecular complexity index is 725. The quantitative estimate of drug-likeness (QED) is 0.943. The molecule has 6 heteroatoms. The maximum atomic E-state index is 13.2. The van der Waals surface area contributed by atoms with Crippen molar-refractivity contribution in [2.75, 3.05) is 23.3 Å². The van der Waals surface area contributed by atoms with E-state index in [1.54, 1.807) is 6.07 Å². The molecule has 2 aromatic rings. The van der Waals surface area contributed by atoms with Gasteiger partial charge in [0.25, 0.3) is 0 Å². The standard InChI is InChI=1S/C16H16FN5/c1-11-6-16(20-10-19-11)21-14-4-5-22(9-14)15-3-2-13(17)7-12(15)8-18/h2-3,6-7,10,14H,4-5,9H2,1H3,(H,19,20,21). The number of benzene rings is 1. The third-order valence-electron chi connectivity index (χ3n) is 3.76. The maximum Gasteiger partial charge on any atom is 0.129 e. The van der Waals surface area contributed by atoms with Crippen LogP contribution in [0.15, 0.2) is 30.6 Å². The molecule has 5 nitrogen and oxygen atoms in total. The third-order valence-corrected chi connectivity index (χ3v) is 3.76. The van der Waals surface area contributed by atoms with Crippen LogP contribution in [0.4, 0.5) is 15.9 Å². The average Bonchev–Trinajstić information content (AvgIpc) is 2.95. The molecule has 0 aliphatic carbocycles. The summed E-state index contributed by atoms with van der Waals surface area (Å²) in [5.74, 6) is 0.421. The number of halogens is 1. The fourth-order valence-electron chi connectivity index (χ4n) is 2.71. The van der Waals surface area contributed by atoms with E-state index in [0.29, 0.717) is 5.56 Å². The van der Waals surface area contributed by atoms with Crippen molar-refractivity contribution in [3.63, 3.8) is 0 Å². The van der Waals surface area contributed by atoms with Crippen LogP contribution < -0.4 is 10.2 Å². The van der Waals surface area contributed by atoms with E-state index in [1.807, 2.05) is 13.0 Å². The molecule has 22 heavy (non-hydrogen) atoms. The van der Waals surface area contributed by atoms with Gasteiger partial charge in [0, 0.05) is 30.9 Å². The molecule has 0 bridgehead atoms. The smallest absolute Gasteiger partial charge is 0.129 e. The number of anilines is 2. The zero-order valence-electron chi connectivity index (χ0n) is 12.3. The van der Waals surface area contributed by atoms with E-state index in [-0.39, 0.29) is 11.9 Å². The van der Waals surface area contributed by atoms with Crippen molar-refractivity contribution in [1.82, 2.24) is 9.97 Å². The van der Waals surface area contributed by atoms with E-state index >= 15 is 0 Å². The summed E-state index contributed by atoms with van der Waals surface area (Å²) in [4.78, 5) is 10.4. The first-order valence-electron chi connectivity index (χ1n) is 7.15. The normalized spacial score (nSPS) is 17.3. The lowest BCUT2D eigenvalue weighted by Crippen LogP contribution is -2.26. The lowest BCUT2D eigenvalue weighted by molar-refractivity contribution is 0.627. The van der Waals surface area contributed by atoms with Crippen molar-refractivity contribution < 1.29 is 4.39 Å².